The normalized spacial score (nSPS) is 15.0. The van der Waals surface area contributed by atoms with Crippen molar-refractivity contribution in [2.75, 3.05) is 0 Å². The van der Waals surface area contributed by atoms with E-state index in [-0.39, 0.29) is 6.42 Å². The molecule has 0 fully saturated rings. The second-order valence-electron chi connectivity index (χ2n) is 9.23. The van der Waals surface area contributed by atoms with Gasteiger partial charge in [-0.15, -0.1) is 0 Å². The van der Waals surface area contributed by atoms with E-state index in [9.17, 15) is 4.79 Å². The summed E-state index contributed by atoms with van der Waals surface area (Å²) in [6.45, 7) is 23.9. The van der Waals surface area contributed by atoms with E-state index >= 15 is 0 Å². The van der Waals surface area contributed by atoms with Crippen LogP contribution in [-0.4, -0.2) is 52.9 Å². The number of esters is 1. The lowest BCUT2D eigenvalue weighted by molar-refractivity contribution is -0.175. The first kappa shape index (κ1) is 25.0. The lowest BCUT2D eigenvalue weighted by atomic mass is 10.3. The SMILES string of the molecule is C=C(C)C(=O)OC(CC([Si])(O[Si](C)(C)C)O[Si](C)(C)C)O[Si](C)(C)C. The quantitative estimate of drug-likeness (QED) is 0.230. The summed E-state index contributed by atoms with van der Waals surface area (Å²) >= 11 is 0. The van der Waals surface area contributed by atoms with Gasteiger partial charge in [0.2, 0.25) is 0 Å². The maximum atomic E-state index is 12.0. The largest absolute Gasteiger partial charge is 0.433 e. The Morgan fingerprint density at radius 2 is 1.36 bits per heavy atom. The zero-order valence-corrected chi connectivity index (χ0v) is 21.5. The van der Waals surface area contributed by atoms with Crippen molar-refractivity contribution in [3.05, 3.63) is 12.2 Å². The smallest absolute Gasteiger partial charge is 0.335 e. The first-order valence-corrected chi connectivity index (χ1v) is 19.2. The molecule has 1 atom stereocenters. The summed E-state index contributed by atoms with van der Waals surface area (Å²) in [5.41, 5.74) is -0.713. The molecule has 0 aliphatic carbocycles. The Bertz CT molecular complexity index is 458. The van der Waals surface area contributed by atoms with Gasteiger partial charge in [0.1, 0.15) is 15.7 Å². The van der Waals surface area contributed by atoms with Crippen molar-refractivity contribution in [3.8, 4) is 0 Å². The van der Waals surface area contributed by atoms with Gasteiger partial charge in [0, 0.05) is 5.57 Å². The molecule has 0 spiro atoms. The molecule has 0 saturated heterocycles. The summed E-state index contributed by atoms with van der Waals surface area (Å²) in [5, 5.41) is 0. The lowest BCUT2D eigenvalue weighted by Crippen LogP contribution is -2.53. The Kier molecular flexibility index (Phi) is 8.75. The molecular formula is C16H35O5Si4. The molecule has 1 unspecified atom stereocenters. The predicted octanol–water partition coefficient (Wildman–Crippen LogP) is 4.20. The summed E-state index contributed by atoms with van der Waals surface area (Å²) in [6.07, 6.45) is -0.511. The Morgan fingerprint density at radius 1 is 0.960 bits per heavy atom. The van der Waals surface area contributed by atoms with Crippen molar-refractivity contribution in [3.63, 3.8) is 0 Å². The van der Waals surface area contributed by atoms with E-state index in [4.69, 9.17) is 18.0 Å². The molecule has 145 valence electrons. The molecule has 0 amide bonds. The molecule has 9 heteroatoms. The molecule has 5 nitrogen and oxygen atoms in total. The summed E-state index contributed by atoms with van der Waals surface area (Å²) in [6, 6.07) is 0. The molecular weight excluding hydrogens is 385 g/mol. The van der Waals surface area contributed by atoms with Crippen LogP contribution in [0, 0.1) is 0 Å². The molecule has 0 rings (SSSR count). The third kappa shape index (κ3) is 12.9. The summed E-state index contributed by atoms with van der Waals surface area (Å²) in [4.78, 5) is 12.0. The third-order valence-corrected chi connectivity index (χ3v) is 6.12. The number of rotatable bonds is 10. The minimum Gasteiger partial charge on any atom is -0.433 e. The van der Waals surface area contributed by atoms with Crippen LogP contribution in [0.3, 0.4) is 0 Å². The standard InChI is InChI=1S/C16H35O5Si4/c1-13(2)15(17)18-14(19-23(3,4)5)12-16(22,20-24(6,7)8)21-25(9,10)11/h14H,1,12H2,2-11H3. The fraction of sp³-hybridized carbons (Fsp3) is 0.812. The van der Waals surface area contributed by atoms with Crippen LogP contribution in [0.1, 0.15) is 13.3 Å². The van der Waals surface area contributed by atoms with Crippen LogP contribution < -0.4 is 0 Å². The van der Waals surface area contributed by atoms with E-state index < -0.39 is 42.6 Å². The molecule has 0 aliphatic rings. The van der Waals surface area contributed by atoms with Crippen molar-refractivity contribution in [2.24, 2.45) is 0 Å². The molecule has 3 radical (unpaired) electrons. The molecule has 0 bridgehead atoms. The van der Waals surface area contributed by atoms with Gasteiger partial charge in [-0.25, -0.2) is 4.79 Å². The van der Waals surface area contributed by atoms with Gasteiger partial charge in [0.05, 0.1) is 6.42 Å². The molecule has 0 aromatic rings. The molecule has 0 aromatic heterocycles. The van der Waals surface area contributed by atoms with Crippen LogP contribution >= 0.6 is 0 Å². The van der Waals surface area contributed by atoms with E-state index in [0.717, 1.165) is 0 Å². The third-order valence-electron chi connectivity index (χ3n) is 2.45. The highest BCUT2D eigenvalue weighted by molar-refractivity contribution is 6.71. The van der Waals surface area contributed by atoms with Crippen LogP contribution in [0.4, 0.5) is 0 Å². The van der Waals surface area contributed by atoms with Gasteiger partial charge in [-0.3, -0.25) is 0 Å². The van der Waals surface area contributed by atoms with Crippen molar-refractivity contribution in [1.29, 1.82) is 0 Å². The maximum Gasteiger partial charge on any atom is 0.335 e. The van der Waals surface area contributed by atoms with E-state index in [1.807, 2.05) is 19.6 Å². The van der Waals surface area contributed by atoms with E-state index in [0.29, 0.717) is 5.57 Å². The second-order valence-corrected chi connectivity index (χ2v) is 23.3. The maximum absolute atomic E-state index is 12.0. The molecule has 0 N–H and O–H groups in total. The van der Waals surface area contributed by atoms with Crippen molar-refractivity contribution in [2.45, 2.75) is 84.0 Å². The van der Waals surface area contributed by atoms with Gasteiger partial charge in [-0.2, -0.15) is 0 Å². The first-order valence-electron chi connectivity index (χ1n) is 8.52. The van der Waals surface area contributed by atoms with E-state index in [2.05, 4.69) is 56.1 Å². The van der Waals surface area contributed by atoms with Gasteiger partial charge in [-0.05, 0) is 65.8 Å². The minimum atomic E-state index is -1.96. The number of ether oxygens (including phenoxy) is 1. The van der Waals surface area contributed by atoms with Gasteiger partial charge >= 0.3 is 5.97 Å². The summed E-state index contributed by atoms with van der Waals surface area (Å²) in [7, 11) is -2.12. The average molecular weight is 420 g/mol. The van der Waals surface area contributed by atoms with Crippen LogP contribution in [0.2, 0.25) is 58.9 Å². The molecule has 0 aliphatic heterocycles. The van der Waals surface area contributed by atoms with Crippen molar-refractivity contribution < 1.29 is 22.8 Å². The minimum absolute atomic E-state index is 0.252. The average Bonchev–Trinajstić information content (AvgIpc) is 2.18. The number of carbonyl (C=O) groups excluding carboxylic acids is 1. The highest BCUT2D eigenvalue weighted by atomic mass is 28.4. The zero-order chi connectivity index (χ0) is 20.3. The van der Waals surface area contributed by atoms with E-state index in [1.165, 1.54) is 0 Å². The monoisotopic (exact) mass is 419 g/mol. The molecule has 0 heterocycles. The Hall–Kier alpha value is -0.0425. The summed E-state index contributed by atoms with van der Waals surface area (Å²) < 4.78 is 24.2. The number of carbonyl (C=O) groups is 1. The highest BCUT2D eigenvalue weighted by Gasteiger charge is 2.41. The van der Waals surface area contributed by atoms with Crippen LogP contribution in [-0.2, 0) is 22.8 Å². The van der Waals surface area contributed by atoms with Crippen molar-refractivity contribution >= 4 is 41.2 Å². The molecule has 25 heavy (non-hydrogen) atoms. The topological polar surface area (TPSA) is 54.0 Å². The Balaban J connectivity index is 5.55. The van der Waals surface area contributed by atoms with Crippen LogP contribution in [0.25, 0.3) is 0 Å². The number of hydrogen-bond acceptors (Lipinski definition) is 5. The highest BCUT2D eigenvalue weighted by Crippen LogP contribution is 2.28. The Morgan fingerprint density at radius 3 is 1.64 bits per heavy atom. The van der Waals surface area contributed by atoms with Gasteiger partial charge < -0.3 is 18.0 Å². The van der Waals surface area contributed by atoms with Crippen LogP contribution in [0.15, 0.2) is 12.2 Å². The molecule has 0 aromatic carbocycles. The Labute approximate surface area is 160 Å². The van der Waals surface area contributed by atoms with Crippen molar-refractivity contribution in [1.82, 2.24) is 0 Å². The van der Waals surface area contributed by atoms with Gasteiger partial charge in [0.15, 0.2) is 31.2 Å². The molecule has 0 saturated carbocycles. The van der Waals surface area contributed by atoms with E-state index in [1.54, 1.807) is 6.92 Å². The van der Waals surface area contributed by atoms with Gasteiger partial charge in [-0.1, -0.05) is 6.58 Å². The zero-order valence-electron chi connectivity index (χ0n) is 17.5. The first-order chi connectivity index (χ1) is 10.8. The fourth-order valence-electron chi connectivity index (χ4n) is 2.03. The second kappa shape index (κ2) is 8.76. The fourth-order valence-corrected chi connectivity index (χ4v) is 7.27. The number of hydrogen-bond donors (Lipinski definition) is 0. The lowest BCUT2D eigenvalue weighted by Gasteiger charge is -2.42. The van der Waals surface area contributed by atoms with Crippen LogP contribution in [0.5, 0.6) is 0 Å². The van der Waals surface area contributed by atoms with Gasteiger partial charge in [0.25, 0.3) is 0 Å². The predicted molar refractivity (Wildman–Crippen MR) is 111 cm³/mol. The summed E-state index contributed by atoms with van der Waals surface area (Å²) in [5.74, 6) is -0.474.